The van der Waals surface area contributed by atoms with E-state index in [-0.39, 0.29) is 11.9 Å². The third kappa shape index (κ3) is 3.97. The SMILES string of the molecule is COc1ccc2c(c1)CCC[C@H]2NC(=S)Nc1ccc(N2CCCC2=O)cc1. The molecule has 1 fully saturated rings. The summed E-state index contributed by atoms with van der Waals surface area (Å²) in [5.41, 5.74) is 4.48. The van der Waals surface area contributed by atoms with Crippen molar-refractivity contribution < 1.29 is 9.53 Å². The highest BCUT2D eigenvalue weighted by atomic mass is 32.1. The molecule has 28 heavy (non-hydrogen) atoms. The third-order valence-corrected chi connectivity index (χ3v) is 5.70. The number of amides is 1. The van der Waals surface area contributed by atoms with Gasteiger partial charge in [0.25, 0.3) is 0 Å². The van der Waals surface area contributed by atoms with Gasteiger partial charge in [0.1, 0.15) is 5.75 Å². The minimum Gasteiger partial charge on any atom is -0.497 e. The minimum atomic E-state index is 0.200. The molecule has 1 amide bonds. The Kier molecular flexibility index (Phi) is 5.48. The second kappa shape index (κ2) is 8.19. The predicted molar refractivity (Wildman–Crippen MR) is 116 cm³/mol. The van der Waals surface area contributed by atoms with E-state index in [4.69, 9.17) is 17.0 Å². The topological polar surface area (TPSA) is 53.6 Å². The maximum atomic E-state index is 11.9. The van der Waals surface area contributed by atoms with Crippen LogP contribution in [0.3, 0.4) is 0 Å². The fourth-order valence-electron chi connectivity index (χ4n) is 4.04. The molecule has 1 aliphatic heterocycles. The van der Waals surface area contributed by atoms with Crippen LogP contribution in [0.15, 0.2) is 42.5 Å². The summed E-state index contributed by atoms with van der Waals surface area (Å²) in [6.07, 6.45) is 4.82. The molecule has 0 saturated carbocycles. The number of carbonyl (C=O) groups is 1. The molecular weight excluding hydrogens is 370 g/mol. The summed E-state index contributed by atoms with van der Waals surface area (Å²) < 4.78 is 5.35. The molecule has 4 rings (SSSR count). The van der Waals surface area contributed by atoms with Gasteiger partial charge in [0.05, 0.1) is 13.2 Å². The molecular formula is C22H25N3O2S. The fourth-order valence-corrected chi connectivity index (χ4v) is 4.30. The van der Waals surface area contributed by atoms with Gasteiger partial charge in [-0.25, -0.2) is 0 Å². The molecule has 2 aliphatic rings. The van der Waals surface area contributed by atoms with Crippen molar-refractivity contribution in [2.45, 2.75) is 38.1 Å². The van der Waals surface area contributed by atoms with E-state index in [1.165, 1.54) is 11.1 Å². The van der Waals surface area contributed by atoms with Gasteiger partial charge in [-0.1, -0.05) is 6.07 Å². The summed E-state index contributed by atoms with van der Waals surface area (Å²) in [6.45, 7) is 0.803. The van der Waals surface area contributed by atoms with Crippen LogP contribution in [0.5, 0.6) is 5.75 Å². The highest BCUT2D eigenvalue weighted by molar-refractivity contribution is 7.80. The average Bonchev–Trinajstić information content (AvgIpc) is 3.14. The van der Waals surface area contributed by atoms with Crippen LogP contribution >= 0.6 is 12.2 Å². The van der Waals surface area contributed by atoms with Crippen molar-refractivity contribution >= 4 is 34.6 Å². The Morgan fingerprint density at radius 1 is 1.14 bits per heavy atom. The zero-order valence-electron chi connectivity index (χ0n) is 16.0. The van der Waals surface area contributed by atoms with Crippen molar-refractivity contribution in [1.82, 2.24) is 5.32 Å². The van der Waals surface area contributed by atoms with E-state index in [0.717, 1.165) is 49.4 Å². The number of nitrogens with one attached hydrogen (secondary N) is 2. The standard InChI is InChI=1S/C22H25N3O2S/c1-27-18-11-12-19-15(14-18)4-2-5-20(19)24-22(28)23-16-7-9-17(10-8-16)25-13-3-6-21(25)26/h7-12,14,20H,2-6,13H2,1H3,(H2,23,24,28)/t20-/m1/s1. The van der Waals surface area contributed by atoms with Gasteiger partial charge in [0.15, 0.2) is 5.11 Å². The van der Waals surface area contributed by atoms with Gasteiger partial charge in [-0.2, -0.15) is 0 Å². The Balaban J connectivity index is 1.39. The summed E-state index contributed by atoms with van der Waals surface area (Å²) in [5.74, 6) is 1.10. The molecule has 1 aliphatic carbocycles. The number of hydrogen-bond donors (Lipinski definition) is 2. The first-order valence-corrected chi connectivity index (χ1v) is 10.2. The minimum absolute atomic E-state index is 0.200. The van der Waals surface area contributed by atoms with Gasteiger partial charge in [0.2, 0.25) is 5.91 Å². The van der Waals surface area contributed by atoms with E-state index >= 15 is 0 Å². The van der Waals surface area contributed by atoms with E-state index in [9.17, 15) is 4.79 Å². The molecule has 0 bridgehead atoms. The highest BCUT2D eigenvalue weighted by Gasteiger charge is 2.22. The summed E-state index contributed by atoms with van der Waals surface area (Å²) in [4.78, 5) is 13.7. The molecule has 5 nitrogen and oxygen atoms in total. The maximum absolute atomic E-state index is 11.9. The van der Waals surface area contributed by atoms with Gasteiger partial charge < -0.3 is 20.3 Å². The van der Waals surface area contributed by atoms with E-state index < -0.39 is 0 Å². The number of thiocarbonyl (C=S) groups is 1. The van der Waals surface area contributed by atoms with Crippen LogP contribution in [0.4, 0.5) is 11.4 Å². The van der Waals surface area contributed by atoms with Crippen LogP contribution in [0.25, 0.3) is 0 Å². The van der Waals surface area contributed by atoms with Crippen molar-refractivity contribution in [3.8, 4) is 5.75 Å². The lowest BCUT2D eigenvalue weighted by Crippen LogP contribution is -2.34. The van der Waals surface area contributed by atoms with Crippen molar-refractivity contribution in [3.63, 3.8) is 0 Å². The van der Waals surface area contributed by atoms with E-state index in [1.54, 1.807) is 7.11 Å². The van der Waals surface area contributed by atoms with Gasteiger partial charge in [-0.3, -0.25) is 4.79 Å². The summed E-state index contributed by atoms with van der Waals surface area (Å²) in [6, 6.07) is 14.3. The van der Waals surface area contributed by atoms with Crippen molar-refractivity contribution in [2.75, 3.05) is 23.9 Å². The quantitative estimate of drug-likeness (QED) is 0.761. The first kappa shape index (κ1) is 18.7. The number of aryl methyl sites for hydroxylation is 1. The second-order valence-corrected chi connectivity index (χ2v) is 7.71. The lowest BCUT2D eigenvalue weighted by Gasteiger charge is -2.28. The number of benzene rings is 2. The third-order valence-electron chi connectivity index (χ3n) is 5.48. The van der Waals surface area contributed by atoms with Gasteiger partial charge in [-0.15, -0.1) is 0 Å². The van der Waals surface area contributed by atoms with E-state index in [0.29, 0.717) is 11.5 Å². The summed E-state index contributed by atoms with van der Waals surface area (Å²) in [7, 11) is 1.70. The average molecular weight is 396 g/mol. The molecule has 2 N–H and O–H groups in total. The molecule has 1 saturated heterocycles. The number of ether oxygens (including phenoxy) is 1. The molecule has 2 aromatic carbocycles. The van der Waals surface area contributed by atoms with Crippen LogP contribution < -0.4 is 20.3 Å². The molecule has 2 aromatic rings. The Bertz CT molecular complexity index is 882. The Morgan fingerprint density at radius 2 is 1.96 bits per heavy atom. The highest BCUT2D eigenvalue weighted by Crippen LogP contribution is 2.32. The smallest absolute Gasteiger partial charge is 0.227 e. The molecule has 146 valence electrons. The molecule has 0 aromatic heterocycles. The lowest BCUT2D eigenvalue weighted by molar-refractivity contribution is -0.117. The molecule has 0 radical (unpaired) electrons. The van der Waals surface area contributed by atoms with Crippen LogP contribution in [-0.2, 0) is 11.2 Å². The number of nitrogens with zero attached hydrogens (tertiary/aromatic N) is 1. The van der Waals surface area contributed by atoms with Crippen LogP contribution in [-0.4, -0.2) is 24.7 Å². The zero-order chi connectivity index (χ0) is 19.5. The van der Waals surface area contributed by atoms with Crippen molar-refractivity contribution in [3.05, 3.63) is 53.6 Å². The predicted octanol–water partition coefficient (Wildman–Crippen LogP) is 4.19. The molecule has 1 heterocycles. The normalized spacial score (nSPS) is 18.5. The number of methoxy groups -OCH3 is 1. The van der Waals surface area contributed by atoms with E-state index in [2.05, 4.69) is 22.8 Å². The first-order chi connectivity index (χ1) is 13.6. The number of rotatable bonds is 4. The Hall–Kier alpha value is -2.60. The van der Waals surface area contributed by atoms with Gasteiger partial charge in [-0.05, 0) is 85.4 Å². The number of fused-ring (bicyclic) bond motifs is 1. The zero-order valence-corrected chi connectivity index (χ0v) is 16.8. The van der Waals surface area contributed by atoms with Crippen LogP contribution in [0.1, 0.15) is 42.9 Å². The number of carbonyl (C=O) groups excluding carboxylic acids is 1. The summed E-state index contributed by atoms with van der Waals surface area (Å²) in [5, 5.41) is 7.33. The molecule has 0 unspecified atom stereocenters. The Morgan fingerprint density at radius 3 is 2.68 bits per heavy atom. The van der Waals surface area contributed by atoms with Gasteiger partial charge >= 0.3 is 0 Å². The first-order valence-electron chi connectivity index (χ1n) is 9.79. The van der Waals surface area contributed by atoms with Gasteiger partial charge in [0, 0.05) is 24.3 Å². The summed E-state index contributed by atoms with van der Waals surface area (Å²) >= 11 is 5.54. The van der Waals surface area contributed by atoms with E-state index in [1.807, 2.05) is 35.2 Å². The molecule has 1 atom stereocenters. The van der Waals surface area contributed by atoms with Crippen molar-refractivity contribution in [2.24, 2.45) is 0 Å². The number of hydrogen-bond acceptors (Lipinski definition) is 3. The molecule has 6 heteroatoms. The molecule has 0 spiro atoms. The van der Waals surface area contributed by atoms with Crippen LogP contribution in [0, 0.1) is 0 Å². The van der Waals surface area contributed by atoms with Crippen LogP contribution in [0.2, 0.25) is 0 Å². The number of anilines is 2. The lowest BCUT2D eigenvalue weighted by atomic mass is 9.87. The Labute approximate surface area is 171 Å². The monoisotopic (exact) mass is 395 g/mol. The largest absolute Gasteiger partial charge is 0.497 e. The fraction of sp³-hybridized carbons (Fsp3) is 0.364. The van der Waals surface area contributed by atoms with Crippen molar-refractivity contribution in [1.29, 1.82) is 0 Å². The second-order valence-electron chi connectivity index (χ2n) is 7.30. The maximum Gasteiger partial charge on any atom is 0.227 e.